The van der Waals surface area contributed by atoms with Crippen molar-refractivity contribution in [2.45, 2.75) is 51.5 Å². The van der Waals surface area contributed by atoms with Gasteiger partial charge in [-0.3, -0.25) is 4.90 Å². The van der Waals surface area contributed by atoms with Crippen molar-refractivity contribution in [3.63, 3.8) is 0 Å². The summed E-state index contributed by atoms with van der Waals surface area (Å²) in [5.74, 6) is 0.212. The molecule has 164 valence electrons. The van der Waals surface area contributed by atoms with E-state index in [0.717, 1.165) is 48.6 Å². The summed E-state index contributed by atoms with van der Waals surface area (Å²) in [5.41, 5.74) is 2.33. The fourth-order valence-corrected chi connectivity index (χ4v) is 3.90. The van der Waals surface area contributed by atoms with E-state index in [4.69, 9.17) is 0 Å². The van der Waals surface area contributed by atoms with Crippen LogP contribution in [-0.4, -0.2) is 48.5 Å². The van der Waals surface area contributed by atoms with Crippen molar-refractivity contribution in [3.8, 4) is 5.69 Å². The quantitative estimate of drug-likeness (QED) is 0.662. The summed E-state index contributed by atoms with van der Waals surface area (Å²) in [5, 5.41) is 11.8. The molecular formula is C21H24F3N7. The van der Waals surface area contributed by atoms with E-state index < -0.39 is 11.7 Å². The van der Waals surface area contributed by atoms with Gasteiger partial charge in [-0.25, -0.2) is 9.97 Å². The number of hydrogen-bond donors (Lipinski definition) is 1. The number of piperidine rings is 1. The Morgan fingerprint density at radius 1 is 1.13 bits per heavy atom. The minimum Gasteiger partial charge on any atom is -0.350 e. The molecule has 3 heterocycles. The van der Waals surface area contributed by atoms with E-state index in [1.807, 2.05) is 6.92 Å². The van der Waals surface area contributed by atoms with Crippen LogP contribution in [0.15, 0.2) is 43.0 Å². The molecule has 0 amide bonds. The molecule has 1 saturated heterocycles. The Bertz CT molecular complexity index is 1000. The number of nitrogens with one attached hydrogen (secondary N) is 1. The van der Waals surface area contributed by atoms with Crippen LogP contribution < -0.4 is 5.32 Å². The Morgan fingerprint density at radius 2 is 1.84 bits per heavy atom. The number of likely N-dealkylation sites (tertiary alicyclic amines) is 1. The average molecular weight is 431 g/mol. The minimum absolute atomic E-state index is 0.0298. The molecule has 1 aliphatic heterocycles. The van der Waals surface area contributed by atoms with E-state index >= 15 is 0 Å². The maximum Gasteiger partial charge on any atom is 0.419 e. The van der Waals surface area contributed by atoms with Gasteiger partial charge in [0.15, 0.2) is 0 Å². The predicted molar refractivity (Wildman–Crippen MR) is 110 cm³/mol. The van der Waals surface area contributed by atoms with E-state index in [-0.39, 0.29) is 18.0 Å². The average Bonchev–Trinajstić information content (AvgIpc) is 3.26. The van der Waals surface area contributed by atoms with Gasteiger partial charge in [0.2, 0.25) is 5.95 Å². The summed E-state index contributed by atoms with van der Waals surface area (Å²) in [6.07, 6.45) is 2.35. The molecule has 0 spiro atoms. The van der Waals surface area contributed by atoms with Crippen molar-refractivity contribution in [3.05, 3.63) is 59.7 Å². The highest BCUT2D eigenvalue weighted by Crippen LogP contribution is 2.29. The Labute approximate surface area is 178 Å². The third-order valence-corrected chi connectivity index (χ3v) is 5.66. The van der Waals surface area contributed by atoms with Gasteiger partial charge in [0.1, 0.15) is 0 Å². The molecule has 4 rings (SSSR count). The van der Waals surface area contributed by atoms with Crippen LogP contribution in [0, 0.1) is 6.92 Å². The van der Waals surface area contributed by atoms with Crippen molar-refractivity contribution in [2.75, 3.05) is 11.9 Å². The van der Waals surface area contributed by atoms with Crippen molar-refractivity contribution < 1.29 is 13.2 Å². The Hall–Kier alpha value is -3.01. The molecule has 31 heavy (non-hydrogen) atoms. The number of benzene rings is 1. The first-order valence-corrected chi connectivity index (χ1v) is 10.2. The standard InChI is InChI=1S/C21H24F3N7/c1-14-5-6-16(19(10-14)31-27-7-8-28-31)13-30-9-3-4-18(15(30)2)29-20-25-11-17(12-26-20)21(22,23)24/h5-8,10-12,15,18H,3-4,9,13H2,1-2H3,(H,25,26,29)/t15-,18+/m0/s1. The van der Waals surface area contributed by atoms with Crippen molar-refractivity contribution in [1.29, 1.82) is 0 Å². The fourth-order valence-electron chi connectivity index (χ4n) is 3.90. The zero-order chi connectivity index (χ0) is 22.0. The fraction of sp³-hybridized carbons (Fsp3) is 0.429. The molecule has 1 fully saturated rings. The maximum atomic E-state index is 12.7. The van der Waals surface area contributed by atoms with Gasteiger partial charge in [-0.15, -0.1) is 0 Å². The van der Waals surface area contributed by atoms with Crippen LogP contribution in [0.4, 0.5) is 19.1 Å². The summed E-state index contributed by atoms with van der Waals surface area (Å²) in [7, 11) is 0. The lowest BCUT2D eigenvalue weighted by Crippen LogP contribution is -2.49. The maximum absolute atomic E-state index is 12.7. The Balaban J connectivity index is 1.48. The number of anilines is 1. The molecule has 0 bridgehead atoms. The topological polar surface area (TPSA) is 71.8 Å². The lowest BCUT2D eigenvalue weighted by molar-refractivity contribution is -0.138. The first-order chi connectivity index (χ1) is 14.8. The van der Waals surface area contributed by atoms with Crippen LogP contribution in [0.3, 0.4) is 0 Å². The first-order valence-electron chi connectivity index (χ1n) is 10.2. The van der Waals surface area contributed by atoms with Gasteiger partial charge in [0.25, 0.3) is 0 Å². The smallest absolute Gasteiger partial charge is 0.350 e. The number of rotatable bonds is 5. The van der Waals surface area contributed by atoms with Gasteiger partial charge >= 0.3 is 6.18 Å². The van der Waals surface area contributed by atoms with E-state index in [9.17, 15) is 13.2 Å². The largest absolute Gasteiger partial charge is 0.419 e. The molecule has 3 aromatic rings. The molecule has 10 heteroatoms. The number of aromatic nitrogens is 5. The van der Waals surface area contributed by atoms with E-state index in [0.29, 0.717) is 6.54 Å². The molecule has 7 nitrogen and oxygen atoms in total. The van der Waals surface area contributed by atoms with Crippen LogP contribution in [0.25, 0.3) is 5.69 Å². The highest BCUT2D eigenvalue weighted by Gasteiger charge is 2.32. The summed E-state index contributed by atoms with van der Waals surface area (Å²) < 4.78 is 38.2. The number of alkyl halides is 3. The van der Waals surface area contributed by atoms with Crippen LogP contribution in [0.5, 0.6) is 0 Å². The lowest BCUT2D eigenvalue weighted by atomic mass is 9.96. The zero-order valence-corrected chi connectivity index (χ0v) is 17.3. The molecule has 0 aliphatic carbocycles. The molecule has 2 atom stereocenters. The van der Waals surface area contributed by atoms with Gasteiger partial charge in [0.05, 0.1) is 23.6 Å². The zero-order valence-electron chi connectivity index (χ0n) is 17.3. The van der Waals surface area contributed by atoms with Gasteiger partial charge in [0, 0.05) is 31.0 Å². The summed E-state index contributed by atoms with van der Waals surface area (Å²) in [6, 6.07) is 6.40. The summed E-state index contributed by atoms with van der Waals surface area (Å²) in [4.78, 5) is 11.7. The molecule has 2 aromatic heterocycles. The van der Waals surface area contributed by atoms with Crippen LogP contribution in [0.2, 0.25) is 0 Å². The monoisotopic (exact) mass is 431 g/mol. The van der Waals surface area contributed by atoms with E-state index in [1.165, 1.54) is 0 Å². The van der Waals surface area contributed by atoms with Crippen molar-refractivity contribution >= 4 is 5.95 Å². The lowest BCUT2D eigenvalue weighted by Gasteiger charge is -2.40. The number of nitrogens with zero attached hydrogens (tertiary/aromatic N) is 6. The SMILES string of the molecule is Cc1ccc(CN2CCC[C@@H](Nc3ncc(C(F)(F)F)cn3)[C@@H]2C)c(-n2nccn2)c1. The normalized spacial score (nSPS) is 20.0. The molecule has 1 N–H and O–H groups in total. The third kappa shape index (κ3) is 4.84. The molecule has 1 aromatic carbocycles. The van der Waals surface area contributed by atoms with E-state index in [1.54, 1.807) is 17.2 Å². The van der Waals surface area contributed by atoms with Crippen LogP contribution in [-0.2, 0) is 12.7 Å². The second-order valence-corrected chi connectivity index (χ2v) is 7.85. The number of halogens is 3. The molecule has 0 unspecified atom stereocenters. The summed E-state index contributed by atoms with van der Waals surface area (Å²) in [6.45, 7) is 5.78. The highest BCUT2D eigenvalue weighted by molar-refractivity contribution is 5.42. The Kier molecular flexibility index (Phi) is 5.90. The van der Waals surface area contributed by atoms with Gasteiger partial charge in [-0.1, -0.05) is 12.1 Å². The van der Waals surface area contributed by atoms with Gasteiger partial charge < -0.3 is 5.32 Å². The van der Waals surface area contributed by atoms with Gasteiger partial charge in [-0.05, 0) is 50.4 Å². The second-order valence-electron chi connectivity index (χ2n) is 7.85. The number of hydrogen-bond acceptors (Lipinski definition) is 6. The molecule has 0 radical (unpaired) electrons. The second kappa shape index (κ2) is 8.62. The van der Waals surface area contributed by atoms with Gasteiger partial charge in [-0.2, -0.15) is 28.2 Å². The highest BCUT2D eigenvalue weighted by atomic mass is 19.4. The first kappa shape index (κ1) is 21.2. The molecule has 0 saturated carbocycles. The predicted octanol–water partition coefficient (Wildman–Crippen LogP) is 3.85. The Morgan fingerprint density at radius 3 is 2.52 bits per heavy atom. The molecule has 1 aliphatic rings. The van der Waals surface area contributed by atoms with Crippen molar-refractivity contribution in [2.24, 2.45) is 0 Å². The van der Waals surface area contributed by atoms with Crippen LogP contribution >= 0.6 is 0 Å². The van der Waals surface area contributed by atoms with Crippen molar-refractivity contribution in [1.82, 2.24) is 29.9 Å². The minimum atomic E-state index is -4.44. The van der Waals surface area contributed by atoms with Crippen LogP contribution in [0.1, 0.15) is 36.5 Å². The molecular weight excluding hydrogens is 407 g/mol. The number of aryl methyl sites for hydroxylation is 1. The third-order valence-electron chi connectivity index (χ3n) is 5.66. The summed E-state index contributed by atoms with van der Waals surface area (Å²) >= 11 is 0. The van der Waals surface area contributed by atoms with E-state index in [2.05, 4.69) is 55.5 Å².